The van der Waals surface area contributed by atoms with E-state index in [1.165, 1.54) is 0 Å². The summed E-state index contributed by atoms with van der Waals surface area (Å²) in [7, 11) is 1.56. The Hall–Kier alpha value is -2.89. The van der Waals surface area contributed by atoms with Crippen molar-refractivity contribution < 1.29 is 23.7 Å². The quantitative estimate of drug-likeness (QED) is 0.801. The molecule has 6 heteroatoms. The fourth-order valence-electron chi connectivity index (χ4n) is 3.06. The van der Waals surface area contributed by atoms with Crippen LogP contribution in [0.3, 0.4) is 0 Å². The van der Waals surface area contributed by atoms with Crippen LogP contribution in [0.5, 0.6) is 23.0 Å². The molecular weight excluding hydrogens is 346 g/mol. The van der Waals surface area contributed by atoms with Crippen LogP contribution in [0.25, 0.3) is 0 Å². The monoisotopic (exact) mass is 371 g/mol. The van der Waals surface area contributed by atoms with Gasteiger partial charge in [0.1, 0.15) is 5.60 Å². The Morgan fingerprint density at radius 2 is 1.96 bits per heavy atom. The first-order valence-electron chi connectivity index (χ1n) is 8.96. The highest BCUT2D eigenvalue weighted by Gasteiger charge is 2.32. The number of carbonyl (C=O) groups excluding carboxylic acids is 1. The van der Waals surface area contributed by atoms with Crippen LogP contribution in [-0.2, 0) is 11.2 Å². The van der Waals surface area contributed by atoms with E-state index in [9.17, 15) is 4.79 Å². The minimum Gasteiger partial charge on any atom is -0.493 e. The maximum Gasteiger partial charge on any atom is 0.262 e. The van der Waals surface area contributed by atoms with Crippen molar-refractivity contribution in [2.24, 2.45) is 0 Å². The molecule has 0 atom stereocenters. The van der Waals surface area contributed by atoms with Crippen LogP contribution >= 0.6 is 0 Å². The maximum absolute atomic E-state index is 12.3. The Morgan fingerprint density at radius 1 is 1.15 bits per heavy atom. The van der Waals surface area contributed by atoms with Gasteiger partial charge in [-0.25, -0.2) is 0 Å². The van der Waals surface area contributed by atoms with E-state index < -0.39 is 0 Å². The van der Waals surface area contributed by atoms with Crippen LogP contribution in [0, 0.1) is 0 Å². The minimum atomic E-state index is -0.268. The molecule has 0 aliphatic carbocycles. The predicted octanol–water partition coefficient (Wildman–Crippen LogP) is 3.82. The van der Waals surface area contributed by atoms with E-state index in [0.29, 0.717) is 29.5 Å². The lowest BCUT2D eigenvalue weighted by Crippen LogP contribution is -2.25. The number of anilines is 1. The molecule has 0 spiro atoms. The Kier molecular flexibility index (Phi) is 5.44. The fourth-order valence-corrected chi connectivity index (χ4v) is 3.06. The zero-order valence-corrected chi connectivity index (χ0v) is 16.1. The second-order valence-corrected chi connectivity index (χ2v) is 6.92. The molecule has 0 saturated carbocycles. The van der Waals surface area contributed by atoms with Crippen LogP contribution in [-0.4, -0.2) is 31.8 Å². The number of para-hydroxylation sites is 1. The van der Waals surface area contributed by atoms with Crippen molar-refractivity contribution in [2.45, 2.75) is 32.8 Å². The average molecular weight is 371 g/mol. The summed E-state index contributed by atoms with van der Waals surface area (Å²) in [5, 5.41) is 2.80. The highest BCUT2D eigenvalue weighted by Crippen LogP contribution is 2.41. The van der Waals surface area contributed by atoms with Gasteiger partial charge in [-0.15, -0.1) is 0 Å². The zero-order valence-electron chi connectivity index (χ0n) is 16.1. The van der Waals surface area contributed by atoms with Gasteiger partial charge in [0.2, 0.25) is 0 Å². The molecule has 6 nitrogen and oxygen atoms in total. The number of hydrogen-bond donors (Lipinski definition) is 1. The van der Waals surface area contributed by atoms with Gasteiger partial charge in [0.15, 0.2) is 29.6 Å². The molecule has 27 heavy (non-hydrogen) atoms. The number of benzene rings is 2. The second-order valence-electron chi connectivity index (χ2n) is 6.92. The number of methoxy groups -OCH3 is 1. The number of fused-ring (bicyclic) bond motifs is 1. The number of ether oxygens (including phenoxy) is 4. The Morgan fingerprint density at radius 3 is 2.70 bits per heavy atom. The summed E-state index contributed by atoms with van der Waals surface area (Å²) in [6, 6.07) is 11.0. The first-order valence-corrected chi connectivity index (χ1v) is 8.96. The lowest BCUT2D eigenvalue weighted by molar-refractivity contribution is -0.118. The predicted molar refractivity (Wildman–Crippen MR) is 103 cm³/mol. The van der Waals surface area contributed by atoms with E-state index in [0.717, 1.165) is 17.7 Å². The molecule has 2 aromatic rings. The van der Waals surface area contributed by atoms with Crippen molar-refractivity contribution in [1.82, 2.24) is 0 Å². The molecule has 0 aromatic heterocycles. The highest BCUT2D eigenvalue weighted by molar-refractivity contribution is 5.92. The van der Waals surface area contributed by atoms with Crippen molar-refractivity contribution in [2.75, 3.05) is 25.6 Å². The fraction of sp³-hybridized carbons (Fsp3) is 0.381. The summed E-state index contributed by atoms with van der Waals surface area (Å²) >= 11 is 0. The minimum absolute atomic E-state index is 0.115. The summed E-state index contributed by atoms with van der Waals surface area (Å²) in [5.74, 6) is 2.23. The highest BCUT2D eigenvalue weighted by atomic mass is 16.5. The topological polar surface area (TPSA) is 66.0 Å². The van der Waals surface area contributed by atoms with Crippen LogP contribution < -0.4 is 24.3 Å². The molecule has 1 heterocycles. The third-order valence-electron chi connectivity index (χ3n) is 4.16. The van der Waals surface area contributed by atoms with E-state index >= 15 is 0 Å². The van der Waals surface area contributed by atoms with Gasteiger partial charge in [-0.3, -0.25) is 4.79 Å². The molecule has 3 rings (SSSR count). The van der Waals surface area contributed by atoms with Gasteiger partial charge in [-0.2, -0.15) is 0 Å². The first-order chi connectivity index (χ1) is 12.9. The van der Waals surface area contributed by atoms with Gasteiger partial charge in [0.25, 0.3) is 5.91 Å². The Bertz CT molecular complexity index is 831. The normalized spacial score (nSPS) is 14.1. The molecule has 144 valence electrons. The molecule has 1 aliphatic rings. The average Bonchev–Trinajstić information content (AvgIpc) is 2.95. The second kappa shape index (κ2) is 7.78. The summed E-state index contributed by atoms with van der Waals surface area (Å²) in [5.41, 5.74) is 1.44. The summed E-state index contributed by atoms with van der Waals surface area (Å²) in [6.45, 7) is 6.38. The molecule has 0 bridgehead atoms. The van der Waals surface area contributed by atoms with Crippen molar-refractivity contribution in [1.29, 1.82) is 0 Å². The molecular formula is C21H25NO5. The number of hydrogen-bond acceptors (Lipinski definition) is 5. The van der Waals surface area contributed by atoms with E-state index in [1.54, 1.807) is 25.3 Å². The van der Waals surface area contributed by atoms with Crippen LogP contribution in [0.1, 0.15) is 26.3 Å². The van der Waals surface area contributed by atoms with Crippen molar-refractivity contribution in [3.05, 3.63) is 42.0 Å². The van der Waals surface area contributed by atoms with Gasteiger partial charge >= 0.3 is 0 Å². The SMILES string of the molecule is CCOc1ccc(NC(=O)COc2cccc3c2OC(C)(C)C3)cc1OC. The van der Waals surface area contributed by atoms with Gasteiger partial charge in [-0.05, 0) is 39.0 Å². The molecule has 0 unspecified atom stereocenters. The summed E-state index contributed by atoms with van der Waals surface area (Å²) in [6.07, 6.45) is 0.817. The number of carbonyl (C=O) groups is 1. The lowest BCUT2D eigenvalue weighted by atomic mass is 10.0. The van der Waals surface area contributed by atoms with E-state index in [1.807, 2.05) is 39.0 Å². The summed E-state index contributed by atoms with van der Waals surface area (Å²) in [4.78, 5) is 12.3. The third kappa shape index (κ3) is 4.45. The molecule has 1 N–H and O–H groups in total. The van der Waals surface area contributed by atoms with Gasteiger partial charge < -0.3 is 24.3 Å². The number of amides is 1. The molecule has 1 aliphatic heterocycles. The molecule has 2 aromatic carbocycles. The maximum atomic E-state index is 12.3. The van der Waals surface area contributed by atoms with Gasteiger partial charge in [0, 0.05) is 23.7 Å². The van der Waals surface area contributed by atoms with Gasteiger partial charge in [-0.1, -0.05) is 12.1 Å². The smallest absolute Gasteiger partial charge is 0.262 e. The standard InChI is InChI=1S/C21H25NO5/c1-5-25-16-10-9-15(11-18(16)24-4)22-19(23)13-26-17-8-6-7-14-12-21(2,3)27-20(14)17/h6-11H,5,12-13H2,1-4H3,(H,22,23). The summed E-state index contributed by atoms with van der Waals surface area (Å²) < 4.78 is 22.4. The molecule has 0 fully saturated rings. The van der Waals surface area contributed by atoms with Crippen molar-refractivity contribution >= 4 is 11.6 Å². The number of rotatable bonds is 7. The lowest BCUT2D eigenvalue weighted by Gasteiger charge is -2.18. The Balaban J connectivity index is 1.62. The van der Waals surface area contributed by atoms with Crippen LogP contribution in [0.4, 0.5) is 5.69 Å². The van der Waals surface area contributed by atoms with E-state index in [2.05, 4.69) is 5.32 Å². The van der Waals surface area contributed by atoms with E-state index in [4.69, 9.17) is 18.9 Å². The van der Waals surface area contributed by atoms with Crippen LogP contribution in [0.2, 0.25) is 0 Å². The molecule has 1 amide bonds. The third-order valence-corrected chi connectivity index (χ3v) is 4.16. The first kappa shape index (κ1) is 18.9. The number of nitrogens with one attached hydrogen (secondary N) is 1. The molecule has 0 saturated heterocycles. The van der Waals surface area contributed by atoms with Crippen molar-refractivity contribution in [3.63, 3.8) is 0 Å². The van der Waals surface area contributed by atoms with Crippen molar-refractivity contribution in [3.8, 4) is 23.0 Å². The van der Waals surface area contributed by atoms with E-state index in [-0.39, 0.29) is 18.1 Å². The molecule has 0 radical (unpaired) electrons. The Labute approximate surface area is 159 Å². The van der Waals surface area contributed by atoms with Gasteiger partial charge in [0.05, 0.1) is 13.7 Å². The zero-order chi connectivity index (χ0) is 19.4. The van der Waals surface area contributed by atoms with Crippen LogP contribution in [0.15, 0.2) is 36.4 Å². The largest absolute Gasteiger partial charge is 0.493 e.